The largest absolute Gasteiger partial charge is 0.457 e. The molecule has 1 aromatic heterocycles. The normalized spacial score (nSPS) is 13.0. The maximum Gasteiger partial charge on any atom is 0.338 e. The van der Waals surface area contributed by atoms with Crippen molar-refractivity contribution in [3.8, 4) is 0 Å². The number of ether oxygens (including phenoxy) is 1. The molecule has 2 heterocycles. The van der Waals surface area contributed by atoms with Crippen LogP contribution in [0.4, 0.5) is 17.3 Å². The summed E-state index contributed by atoms with van der Waals surface area (Å²) in [6, 6.07) is 20.3. The molecule has 0 saturated carbocycles. The van der Waals surface area contributed by atoms with Crippen LogP contribution in [0.3, 0.4) is 0 Å². The molecule has 0 spiro atoms. The molecule has 0 bridgehead atoms. The van der Waals surface area contributed by atoms with Gasteiger partial charge in [0, 0.05) is 11.3 Å². The van der Waals surface area contributed by atoms with Crippen LogP contribution in [-0.2, 0) is 21.4 Å². The Kier molecular flexibility index (Phi) is 4.52. The first-order valence-corrected chi connectivity index (χ1v) is 10.9. The number of nitrogens with one attached hydrogen (secondary N) is 2. The van der Waals surface area contributed by atoms with Gasteiger partial charge in [0.2, 0.25) is 0 Å². The molecule has 0 amide bonds. The quantitative estimate of drug-likeness (QED) is 0.461. The van der Waals surface area contributed by atoms with Crippen molar-refractivity contribution in [2.45, 2.75) is 11.5 Å². The second-order valence-electron chi connectivity index (χ2n) is 6.90. The monoisotopic (exact) mass is 432 g/mol. The number of cyclic esters (lactones) is 1. The van der Waals surface area contributed by atoms with Crippen molar-refractivity contribution in [1.82, 2.24) is 9.97 Å². The van der Waals surface area contributed by atoms with E-state index in [2.05, 4.69) is 20.0 Å². The van der Waals surface area contributed by atoms with Crippen molar-refractivity contribution in [2.75, 3.05) is 10.0 Å². The summed E-state index contributed by atoms with van der Waals surface area (Å²) in [5.41, 5.74) is 3.04. The van der Waals surface area contributed by atoms with Gasteiger partial charge in [-0.25, -0.2) is 23.2 Å². The molecule has 154 valence electrons. The lowest BCUT2D eigenvalue weighted by Crippen LogP contribution is -2.16. The molecule has 0 aliphatic carbocycles. The molecule has 0 saturated heterocycles. The molecule has 1 aliphatic heterocycles. The molecule has 2 N–H and O–H groups in total. The number of nitrogens with zero attached hydrogens (tertiary/aromatic N) is 2. The molecule has 0 fully saturated rings. The molecular weight excluding hydrogens is 416 g/mol. The third-order valence-electron chi connectivity index (χ3n) is 4.80. The second kappa shape index (κ2) is 7.37. The number of sulfonamides is 1. The third kappa shape index (κ3) is 3.66. The van der Waals surface area contributed by atoms with E-state index in [1.807, 2.05) is 6.07 Å². The highest BCUT2D eigenvalue weighted by Gasteiger charge is 2.22. The minimum atomic E-state index is -3.87. The van der Waals surface area contributed by atoms with E-state index in [9.17, 15) is 13.2 Å². The Morgan fingerprint density at radius 3 is 2.26 bits per heavy atom. The average molecular weight is 432 g/mol. The van der Waals surface area contributed by atoms with E-state index in [-0.39, 0.29) is 29.1 Å². The summed E-state index contributed by atoms with van der Waals surface area (Å²) in [6.45, 7) is 0.195. The van der Waals surface area contributed by atoms with E-state index in [0.29, 0.717) is 22.3 Å². The van der Waals surface area contributed by atoms with Gasteiger partial charge in [0.15, 0.2) is 11.6 Å². The number of esters is 1. The van der Waals surface area contributed by atoms with Gasteiger partial charge < -0.3 is 10.1 Å². The summed E-state index contributed by atoms with van der Waals surface area (Å²) >= 11 is 0. The van der Waals surface area contributed by atoms with Crippen molar-refractivity contribution in [1.29, 1.82) is 0 Å². The standard InChI is InChI=1S/C22H16N4O4S/c27-22-17-11-10-15(12-14(17)13-30-22)23-20-21(25-19-9-5-4-8-18(19)24-20)26-31(28,29)16-6-2-1-3-7-16/h1-12H,13H2,(H,23,24)(H,25,26). The van der Waals surface area contributed by atoms with Gasteiger partial charge >= 0.3 is 5.97 Å². The first-order valence-electron chi connectivity index (χ1n) is 9.41. The zero-order valence-corrected chi connectivity index (χ0v) is 16.9. The van der Waals surface area contributed by atoms with E-state index < -0.39 is 10.0 Å². The molecule has 4 aromatic rings. The molecule has 9 heteroatoms. The molecule has 0 unspecified atom stereocenters. The zero-order chi connectivity index (χ0) is 21.4. The first kappa shape index (κ1) is 19.0. The van der Waals surface area contributed by atoms with Crippen molar-refractivity contribution in [3.63, 3.8) is 0 Å². The van der Waals surface area contributed by atoms with Gasteiger partial charge in [-0.1, -0.05) is 30.3 Å². The number of benzene rings is 3. The second-order valence-corrected chi connectivity index (χ2v) is 8.58. The summed E-state index contributed by atoms with van der Waals surface area (Å²) in [5, 5.41) is 3.12. The zero-order valence-electron chi connectivity index (χ0n) is 16.1. The van der Waals surface area contributed by atoms with Crippen LogP contribution in [0, 0.1) is 0 Å². The molecule has 3 aromatic carbocycles. The Bertz CT molecular complexity index is 1420. The fraction of sp³-hybridized carbons (Fsp3) is 0.0455. The van der Waals surface area contributed by atoms with Crippen LogP contribution in [-0.4, -0.2) is 24.4 Å². The van der Waals surface area contributed by atoms with E-state index >= 15 is 0 Å². The number of carbonyl (C=O) groups is 1. The number of carbonyl (C=O) groups excluding carboxylic acids is 1. The Hall–Kier alpha value is -3.98. The molecule has 5 rings (SSSR count). The fourth-order valence-electron chi connectivity index (χ4n) is 3.29. The van der Waals surface area contributed by atoms with Gasteiger partial charge in [-0.05, 0) is 42.5 Å². The van der Waals surface area contributed by atoms with Crippen LogP contribution in [0.5, 0.6) is 0 Å². The van der Waals surface area contributed by atoms with Gasteiger partial charge in [-0.15, -0.1) is 0 Å². The summed E-state index contributed by atoms with van der Waals surface area (Å²) in [4.78, 5) is 20.8. The van der Waals surface area contributed by atoms with Crippen molar-refractivity contribution in [2.24, 2.45) is 0 Å². The molecule has 1 aliphatic rings. The third-order valence-corrected chi connectivity index (χ3v) is 6.16. The molecule has 0 atom stereocenters. The van der Waals surface area contributed by atoms with Crippen molar-refractivity contribution >= 4 is 44.3 Å². The summed E-state index contributed by atoms with van der Waals surface area (Å²) < 4.78 is 33.3. The van der Waals surface area contributed by atoms with Crippen LogP contribution in [0.2, 0.25) is 0 Å². The van der Waals surface area contributed by atoms with Crippen LogP contribution < -0.4 is 10.0 Å². The molecule has 31 heavy (non-hydrogen) atoms. The van der Waals surface area contributed by atoms with E-state index in [1.54, 1.807) is 54.6 Å². The first-order chi connectivity index (χ1) is 15.0. The van der Waals surface area contributed by atoms with E-state index in [4.69, 9.17) is 4.74 Å². The number of hydrogen-bond donors (Lipinski definition) is 2. The Morgan fingerprint density at radius 2 is 1.52 bits per heavy atom. The predicted octanol–water partition coefficient (Wildman–Crippen LogP) is 3.84. The number of rotatable bonds is 5. The lowest BCUT2D eigenvalue weighted by atomic mass is 10.1. The molecule has 0 radical (unpaired) electrons. The number of aromatic nitrogens is 2. The SMILES string of the molecule is O=C1OCc2cc(Nc3nc4ccccc4nc3NS(=O)(=O)c3ccccc3)ccc21. The summed E-state index contributed by atoms with van der Waals surface area (Å²) in [6.07, 6.45) is 0. The highest BCUT2D eigenvalue weighted by Crippen LogP contribution is 2.29. The van der Waals surface area contributed by atoms with Crippen molar-refractivity contribution in [3.05, 3.63) is 83.9 Å². The number of anilines is 3. The maximum atomic E-state index is 12.9. The smallest absolute Gasteiger partial charge is 0.338 e. The Morgan fingerprint density at radius 1 is 0.839 bits per heavy atom. The molecular formula is C22H16N4O4S. The van der Waals surface area contributed by atoms with Gasteiger partial charge in [0.05, 0.1) is 21.5 Å². The Balaban J connectivity index is 1.56. The topological polar surface area (TPSA) is 110 Å². The van der Waals surface area contributed by atoms with Gasteiger partial charge in [-0.2, -0.15) is 0 Å². The average Bonchev–Trinajstić information content (AvgIpc) is 3.14. The van der Waals surface area contributed by atoms with E-state index in [1.165, 1.54) is 12.1 Å². The maximum absolute atomic E-state index is 12.9. The fourth-order valence-corrected chi connectivity index (χ4v) is 4.32. The van der Waals surface area contributed by atoms with Gasteiger partial charge in [-0.3, -0.25) is 4.72 Å². The summed E-state index contributed by atoms with van der Waals surface area (Å²) in [5.74, 6) is -0.0536. The predicted molar refractivity (Wildman–Crippen MR) is 116 cm³/mol. The molecule has 8 nitrogen and oxygen atoms in total. The number of hydrogen-bond acceptors (Lipinski definition) is 7. The van der Waals surface area contributed by atoms with Crippen LogP contribution >= 0.6 is 0 Å². The number of para-hydroxylation sites is 2. The minimum absolute atomic E-state index is 0.0652. The van der Waals surface area contributed by atoms with Crippen molar-refractivity contribution < 1.29 is 17.9 Å². The van der Waals surface area contributed by atoms with Crippen LogP contribution in [0.15, 0.2) is 77.7 Å². The van der Waals surface area contributed by atoms with Gasteiger partial charge in [0.25, 0.3) is 10.0 Å². The lowest BCUT2D eigenvalue weighted by Gasteiger charge is -2.14. The van der Waals surface area contributed by atoms with Crippen LogP contribution in [0.1, 0.15) is 15.9 Å². The van der Waals surface area contributed by atoms with E-state index in [0.717, 1.165) is 5.56 Å². The van der Waals surface area contributed by atoms with Gasteiger partial charge in [0.1, 0.15) is 6.61 Å². The Labute approximate surface area is 178 Å². The minimum Gasteiger partial charge on any atom is -0.457 e. The number of fused-ring (bicyclic) bond motifs is 2. The highest BCUT2D eigenvalue weighted by atomic mass is 32.2. The summed E-state index contributed by atoms with van der Waals surface area (Å²) in [7, 11) is -3.87. The highest BCUT2D eigenvalue weighted by molar-refractivity contribution is 7.92. The van der Waals surface area contributed by atoms with Crippen LogP contribution in [0.25, 0.3) is 11.0 Å². The lowest BCUT2D eigenvalue weighted by molar-refractivity contribution is 0.0535.